The van der Waals surface area contributed by atoms with Gasteiger partial charge in [-0.25, -0.2) is 4.39 Å². The minimum atomic E-state index is -4.46. The largest absolute Gasteiger partial charge is 0.481 e. The number of piperidine rings is 1. The number of halogens is 4. The lowest BCUT2D eigenvalue weighted by atomic mass is 9.63. The van der Waals surface area contributed by atoms with E-state index < -0.39 is 28.7 Å². The molecule has 0 aromatic heterocycles. The lowest BCUT2D eigenvalue weighted by molar-refractivity contribution is -0.147. The number of hydrogen-bond donors (Lipinski definition) is 1. The second kappa shape index (κ2) is 9.84. The quantitative estimate of drug-likeness (QED) is 0.334. The van der Waals surface area contributed by atoms with Crippen LogP contribution in [0.2, 0.25) is 0 Å². The van der Waals surface area contributed by atoms with Crippen molar-refractivity contribution in [2.45, 2.75) is 62.6 Å². The Kier molecular flexibility index (Phi) is 6.84. The van der Waals surface area contributed by atoms with Crippen molar-refractivity contribution in [1.29, 1.82) is 0 Å². The summed E-state index contributed by atoms with van der Waals surface area (Å²) >= 11 is 0. The van der Waals surface area contributed by atoms with Crippen LogP contribution < -0.4 is 0 Å². The summed E-state index contributed by atoms with van der Waals surface area (Å²) in [5.41, 5.74) is 1.23. The van der Waals surface area contributed by atoms with Crippen LogP contribution in [0.5, 0.6) is 0 Å². The minimum absolute atomic E-state index is 0.346. The van der Waals surface area contributed by atoms with Crippen LogP contribution in [0.3, 0.4) is 0 Å². The molecule has 1 saturated carbocycles. The predicted octanol–water partition coefficient (Wildman–Crippen LogP) is 7.77. The van der Waals surface area contributed by atoms with Crippen molar-refractivity contribution in [3.05, 3.63) is 94.8 Å². The van der Waals surface area contributed by atoms with Gasteiger partial charge in [0.15, 0.2) is 0 Å². The van der Waals surface area contributed by atoms with E-state index in [2.05, 4.69) is 11.8 Å². The number of likely N-dealkylation sites (tertiary alicyclic amines) is 1. The van der Waals surface area contributed by atoms with Crippen molar-refractivity contribution >= 4 is 5.97 Å². The molecular weight excluding hydrogens is 494 g/mol. The molecule has 0 spiro atoms. The van der Waals surface area contributed by atoms with Gasteiger partial charge >= 0.3 is 12.1 Å². The summed E-state index contributed by atoms with van der Waals surface area (Å²) < 4.78 is 54.0. The third-order valence-corrected chi connectivity index (χ3v) is 8.63. The Hall–Kier alpha value is -3.19. The lowest BCUT2D eigenvalue weighted by Gasteiger charge is -2.46. The standard InChI is InChI=1S/C31H31F4NO2/c1-29(36-18-3-2-4-19-36,22-10-13-25(32)14-11-22)27-15-12-24(30(28(37)38)16-5-17-30)20-26(27)21-6-8-23(9-7-21)31(33,34)35/h6-15,20H,2-5,16-19H2,1H3,(H,37,38). The van der Waals surface area contributed by atoms with Gasteiger partial charge in [0.25, 0.3) is 0 Å². The van der Waals surface area contributed by atoms with E-state index in [4.69, 9.17) is 0 Å². The van der Waals surface area contributed by atoms with Crippen LogP contribution in [-0.4, -0.2) is 29.1 Å². The number of carboxylic acid groups (broad SMARTS) is 1. The van der Waals surface area contributed by atoms with Gasteiger partial charge in [0.1, 0.15) is 5.82 Å². The van der Waals surface area contributed by atoms with Crippen LogP contribution in [0.25, 0.3) is 11.1 Å². The van der Waals surface area contributed by atoms with Gasteiger partial charge in [-0.15, -0.1) is 0 Å². The second-order valence-electron chi connectivity index (χ2n) is 10.7. The molecule has 3 aromatic rings. The molecular formula is C31H31F4NO2. The van der Waals surface area contributed by atoms with E-state index in [-0.39, 0.29) is 5.82 Å². The van der Waals surface area contributed by atoms with Gasteiger partial charge in [-0.05, 0) is 104 Å². The Labute approximate surface area is 220 Å². The first kappa shape index (κ1) is 26.4. The van der Waals surface area contributed by atoms with Crippen LogP contribution in [-0.2, 0) is 21.9 Å². The Balaban J connectivity index is 1.74. The molecule has 1 aliphatic carbocycles. The fourth-order valence-corrected chi connectivity index (χ4v) is 6.12. The van der Waals surface area contributed by atoms with Gasteiger partial charge < -0.3 is 5.11 Å². The summed E-state index contributed by atoms with van der Waals surface area (Å²) in [5.74, 6) is -1.23. The smallest absolute Gasteiger partial charge is 0.416 e. The highest BCUT2D eigenvalue weighted by Crippen LogP contribution is 2.48. The van der Waals surface area contributed by atoms with E-state index in [1.54, 1.807) is 12.1 Å². The zero-order chi connectivity index (χ0) is 27.1. The summed E-state index contributed by atoms with van der Waals surface area (Å²) in [5, 5.41) is 10.1. The molecule has 2 fully saturated rings. The normalized spacial score (nSPS) is 19.4. The number of hydrogen-bond acceptors (Lipinski definition) is 2. The maximum atomic E-state index is 13.9. The van der Waals surface area contributed by atoms with E-state index in [0.717, 1.165) is 62.0 Å². The number of aliphatic carboxylic acids is 1. The summed E-state index contributed by atoms with van der Waals surface area (Å²) in [6.07, 6.45) is 0.523. The molecule has 0 amide bonds. The third kappa shape index (κ3) is 4.51. The van der Waals surface area contributed by atoms with Crippen molar-refractivity contribution in [3.8, 4) is 11.1 Å². The third-order valence-electron chi connectivity index (χ3n) is 8.63. The molecule has 1 atom stereocenters. The van der Waals surface area contributed by atoms with Crippen molar-refractivity contribution in [2.75, 3.05) is 13.1 Å². The predicted molar refractivity (Wildman–Crippen MR) is 138 cm³/mol. The molecule has 7 heteroatoms. The Morgan fingerprint density at radius 2 is 1.45 bits per heavy atom. The first-order valence-corrected chi connectivity index (χ1v) is 13.1. The van der Waals surface area contributed by atoms with Crippen molar-refractivity contribution < 1.29 is 27.5 Å². The van der Waals surface area contributed by atoms with Crippen LogP contribution >= 0.6 is 0 Å². The van der Waals surface area contributed by atoms with Crippen LogP contribution in [0, 0.1) is 5.82 Å². The van der Waals surface area contributed by atoms with Crippen LogP contribution in [0.15, 0.2) is 66.7 Å². The number of alkyl halides is 3. The Morgan fingerprint density at radius 3 is 1.97 bits per heavy atom. The Bertz CT molecular complexity index is 1310. The van der Waals surface area contributed by atoms with E-state index in [1.807, 2.05) is 18.2 Å². The molecule has 0 bridgehead atoms. The Morgan fingerprint density at radius 1 is 0.842 bits per heavy atom. The molecule has 3 aromatic carbocycles. The molecule has 2 aliphatic rings. The molecule has 3 nitrogen and oxygen atoms in total. The van der Waals surface area contributed by atoms with Crippen LogP contribution in [0.1, 0.15) is 67.7 Å². The van der Waals surface area contributed by atoms with E-state index in [0.29, 0.717) is 29.5 Å². The van der Waals surface area contributed by atoms with E-state index >= 15 is 0 Å². The fraction of sp³-hybridized carbons (Fsp3) is 0.387. The lowest BCUT2D eigenvalue weighted by Crippen LogP contribution is -2.48. The second-order valence-corrected chi connectivity index (χ2v) is 10.7. The van der Waals surface area contributed by atoms with E-state index in [1.165, 1.54) is 24.3 Å². The van der Waals surface area contributed by atoms with Gasteiger partial charge in [0, 0.05) is 0 Å². The monoisotopic (exact) mass is 525 g/mol. The van der Waals surface area contributed by atoms with E-state index in [9.17, 15) is 27.5 Å². The highest BCUT2D eigenvalue weighted by atomic mass is 19.4. The molecule has 1 heterocycles. The minimum Gasteiger partial charge on any atom is -0.481 e. The highest BCUT2D eigenvalue weighted by molar-refractivity contribution is 5.84. The first-order chi connectivity index (χ1) is 18.1. The SMILES string of the molecule is CC(c1ccc(F)cc1)(c1ccc(C2(C(=O)O)CCC2)cc1-c1ccc(C(F)(F)F)cc1)N1CCCCC1. The highest BCUT2D eigenvalue weighted by Gasteiger charge is 2.47. The summed E-state index contributed by atoms with van der Waals surface area (Å²) in [6.45, 7) is 3.72. The molecule has 1 unspecified atom stereocenters. The number of rotatable bonds is 6. The number of nitrogens with zero attached hydrogens (tertiary/aromatic N) is 1. The van der Waals surface area contributed by atoms with Crippen molar-refractivity contribution in [1.82, 2.24) is 4.90 Å². The van der Waals surface area contributed by atoms with Gasteiger partial charge in [-0.2, -0.15) is 13.2 Å². The number of carboxylic acids is 1. The molecule has 38 heavy (non-hydrogen) atoms. The van der Waals surface area contributed by atoms with Crippen molar-refractivity contribution in [3.63, 3.8) is 0 Å². The molecule has 200 valence electrons. The summed E-state index contributed by atoms with van der Waals surface area (Å²) in [6, 6.07) is 17.1. The number of benzene rings is 3. The molecule has 1 aliphatic heterocycles. The summed E-state index contributed by atoms with van der Waals surface area (Å²) in [4.78, 5) is 14.7. The molecule has 5 rings (SSSR count). The van der Waals surface area contributed by atoms with Gasteiger partial charge in [-0.3, -0.25) is 9.69 Å². The average molecular weight is 526 g/mol. The maximum Gasteiger partial charge on any atom is 0.416 e. The van der Waals surface area contributed by atoms with Gasteiger partial charge in [0.05, 0.1) is 16.5 Å². The molecule has 1 saturated heterocycles. The van der Waals surface area contributed by atoms with Crippen molar-refractivity contribution in [2.24, 2.45) is 0 Å². The average Bonchev–Trinajstić information content (AvgIpc) is 2.88. The molecule has 0 radical (unpaired) electrons. The topological polar surface area (TPSA) is 40.5 Å². The zero-order valence-corrected chi connectivity index (χ0v) is 21.3. The maximum absolute atomic E-state index is 13.9. The van der Waals surface area contributed by atoms with Crippen LogP contribution in [0.4, 0.5) is 17.6 Å². The fourth-order valence-electron chi connectivity index (χ4n) is 6.12. The molecule has 1 N–H and O–H groups in total. The van der Waals surface area contributed by atoms with Gasteiger partial charge in [0.2, 0.25) is 0 Å². The zero-order valence-electron chi connectivity index (χ0n) is 21.3. The first-order valence-electron chi connectivity index (χ1n) is 13.1. The van der Waals surface area contributed by atoms with Gasteiger partial charge in [-0.1, -0.05) is 49.2 Å². The number of carbonyl (C=O) groups is 1. The summed E-state index contributed by atoms with van der Waals surface area (Å²) in [7, 11) is 0.